The summed E-state index contributed by atoms with van der Waals surface area (Å²) >= 11 is 1.76. The topological polar surface area (TPSA) is 40.5 Å². The number of allylic oxidation sites excluding steroid dienone is 1. The molecule has 2 nitrogen and oxygen atoms in total. The monoisotopic (exact) mass is 242 g/mol. The van der Waals surface area contributed by atoms with Crippen LogP contribution in [0.15, 0.2) is 23.1 Å². The zero-order valence-electron chi connectivity index (χ0n) is 9.82. The molecule has 0 bridgehead atoms. The van der Waals surface area contributed by atoms with Crippen molar-refractivity contribution in [1.82, 2.24) is 0 Å². The molecule has 0 aromatic rings. The van der Waals surface area contributed by atoms with Crippen LogP contribution < -0.4 is 0 Å². The summed E-state index contributed by atoms with van der Waals surface area (Å²) in [4.78, 5) is 0.953. The zero-order chi connectivity index (χ0) is 11.8. The maximum absolute atomic E-state index is 9.36. The Kier molecular flexibility index (Phi) is 6.85. The average Bonchev–Trinajstić information content (AvgIpc) is 2.35. The molecule has 0 heterocycles. The number of aliphatic hydroxyl groups excluding tert-OH is 2. The number of hydrogen-bond donors (Lipinski definition) is 2. The maximum Gasteiger partial charge on any atom is 0.0741 e. The lowest BCUT2D eigenvalue weighted by Crippen LogP contribution is -2.10. The van der Waals surface area contributed by atoms with Crippen LogP contribution in [0, 0.1) is 0 Å². The first-order valence-corrected chi connectivity index (χ1v) is 6.90. The van der Waals surface area contributed by atoms with Gasteiger partial charge in [-0.3, -0.25) is 0 Å². The van der Waals surface area contributed by atoms with Gasteiger partial charge in [-0.05, 0) is 24.8 Å². The molecule has 0 spiro atoms. The minimum absolute atomic E-state index is 0.0294. The van der Waals surface area contributed by atoms with Crippen LogP contribution in [0.3, 0.4) is 0 Å². The van der Waals surface area contributed by atoms with Gasteiger partial charge in [-0.15, -0.1) is 18.3 Å². The molecule has 1 saturated carbocycles. The van der Waals surface area contributed by atoms with Crippen molar-refractivity contribution in [3.05, 3.63) is 23.1 Å². The van der Waals surface area contributed by atoms with Gasteiger partial charge in [0.2, 0.25) is 0 Å². The molecule has 1 aliphatic rings. The Morgan fingerprint density at radius 3 is 2.38 bits per heavy atom. The number of thioether (sulfide) groups is 1. The Bertz CT molecular complexity index is 242. The number of aliphatic hydroxyl groups is 2. The highest BCUT2D eigenvalue weighted by Crippen LogP contribution is 2.34. The Morgan fingerprint density at radius 1 is 1.19 bits per heavy atom. The van der Waals surface area contributed by atoms with E-state index in [9.17, 15) is 10.2 Å². The Labute approximate surface area is 102 Å². The van der Waals surface area contributed by atoms with Crippen molar-refractivity contribution in [3.8, 4) is 0 Å². The molecule has 0 atom stereocenters. The van der Waals surface area contributed by atoms with Gasteiger partial charge in [0.25, 0.3) is 0 Å². The summed E-state index contributed by atoms with van der Waals surface area (Å²) < 4.78 is 0. The van der Waals surface area contributed by atoms with E-state index in [1.165, 1.54) is 32.1 Å². The summed E-state index contributed by atoms with van der Waals surface area (Å²) in [7, 11) is 0. The molecule has 0 saturated heterocycles. The van der Waals surface area contributed by atoms with Crippen molar-refractivity contribution in [1.29, 1.82) is 0 Å². The molecule has 1 rings (SSSR count). The van der Waals surface area contributed by atoms with Crippen molar-refractivity contribution in [3.63, 3.8) is 0 Å². The molecule has 92 valence electrons. The minimum atomic E-state index is 0.0294. The molecule has 2 N–H and O–H groups in total. The van der Waals surface area contributed by atoms with E-state index >= 15 is 0 Å². The van der Waals surface area contributed by atoms with E-state index < -0.39 is 0 Å². The fraction of sp³-hybridized carbons (Fsp3) is 0.692. The largest absolute Gasteiger partial charge is 0.392 e. The SMILES string of the molecule is C=CC/C(CO)=C(\CO)SC1CCCCC1. The summed E-state index contributed by atoms with van der Waals surface area (Å²) in [5, 5.41) is 19.2. The summed E-state index contributed by atoms with van der Waals surface area (Å²) in [6.07, 6.45) is 8.87. The first kappa shape index (κ1) is 13.8. The normalized spacial score (nSPS) is 19.4. The van der Waals surface area contributed by atoms with E-state index in [1.54, 1.807) is 17.8 Å². The lowest BCUT2D eigenvalue weighted by atomic mass is 10.0. The van der Waals surface area contributed by atoms with Crippen LogP contribution in [0.4, 0.5) is 0 Å². The first-order valence-electron chi connectivity index (χ1n) is 6.02. The van der Waals surface area contributed by atoms with Crippen LogP contribution in [0.5, 0.6) is 0 Å². The standard InChI is InChI=1S/C13H22O2S/c1-2-6-11(9-14)13(10-15)16-12-7-4-3-5-8-12/h2,12,14-15H,1,3-10H2/b13-11-. The molecule has 0 aromatic carbocycles. The van der Waals surface area contributed by atoms with Gasteiger partial charge < -0.3 is 10.2 Å². The molecular weight excluding hydrogens is 220 g/mol. The Hall–Kier alpha value is -0.250. The third kappa shape index (κ3) is 4.32. The highest BCUT2D eigenvalue weighted by Gasteiger charge is 2.17. The molecule has 0 amide bonds. The van der Waals surface area contributed by atoms with Gasteiger partial charge in [-0.1, -0.05) is 25.3 Å². The van der Waals surface area contributed by atoms with Crippen molar-refractivity contribution in [2.45, 2.75) is 43.8 Å². The highest BCUT2D eigenvalue weighted by molar-refractivity contribution is 8.03. The van der Waals surface area contributed by atoms with Gasteiger partial charge in [0.05, 0.1) is 13.2 Å². The molecule has 0 aliphatic heterocycles. The zero-order valence-corrected chi connectivity index (χ0v) is 10.6. The second-order valence-corrected chi connectivity index (χ2v) is 5.61. The predicted octanol–water partition coefficient (Wildman–Crippen LogP) is 2.87. The second kappa shape index (κ2) is 7.93. The van der Waals surface area contributed by atoms with Crippen molar-refractivity contribution < 1.29 is 10.2 Å². The van der Waals surface area contributed by atoms with Crippen LogP contribution >= 0.6 is 11.8 Å². The Morgan fingerprint density at radius 2 is 1.88 bits per heavy atom. The van der Waals surface area contributed by atoms with Gasteiger partial charge in [0, 0.05) is 10.2 Å². The molecule has 0 radical (unpaired) electrons. The van der Waals surface area contributed by atoms with Crippen LogP contribution in [0.25, 0.3) is 0 Å². The van der Waals surface area contributed by atoms with Crippen molar-refractivity contribution >= 4 is 11.8 Å². The molecular formula is C13H22O2S. The second-order valence-electron chi connectivity index (χ2n) is 4.21. The fourth-order valence-electron chi connectivity index (χ4n) is 2.06. The van der Waals surface area contributed by atoms with Gasteiger partial charge in [0.15, 0.2) is 0 Å². The molecule has 0 aromatic heterocycles. The van der Waals surface area contributed by atoms with Crippen LogP contribution in [0.1, 0.15) is 38.5 Å². The Balaban J connectivity index is 2.60. The molecule has 1 aliphatic carbocycles. The lowest BCUT2D eigenvalue weighted by molar-refractivity contribution is 0.315. The fourth-order valence-corrected chi connectivity index (χ4v) is 3.42. The van der Waals surface area contributed by atoms with Gasteiger partial charge in [-0.2, -0.15) is 0 Å². The van der Waals surface area contributed by atoms with Gasteiger partial charge >= 0.3 is 0 Å². The quantitative estimate of drug-likeness (QED) is 0.704. The number of rotatable bonds is 6. The summed E-state index contributed by atoms with van der Waals surface area (Å²) in [5.74, 6) is 0. The van der Waals surface area contributed by atoms with Crippen LogP contribution in [-0.4, -0.2) is 28.7 Å². The molecule has 3 heteroatoms. The third-order valence-corrected chi connectivity index (χ3v) is 4.49. The average molecular weight is 242 g/mol. The van der Waals surface area contributed by atoms with E-state index in [-0.39, 0.29) is 13.2 Å². The van der Waals surface area contributed by atoms with E-state index in [1.807, 2.05) is 0 Å². The van der Waals surface area contributed by atoms with E-state index in [0.29, 0.717) is 11.7 Å². The molecule has 0 unspecified atom stereocenters. The summed E-state index contributed by atoms with van der Waals surface area (Å²) in [5.41, 5.74) is 0.924. The van der Waals surface area contributed by atoms with E-state index in [4.69, 9.17) is 0 Å². The smallest absolute Gasteiger partial charge is 0.0741 e. The van der Waals surface area contributed by atoms with Gasteiger partial charge in [0.1, 0.15) is 0 Å². The number of hydrogen-bond acceptors (Lipinski definition) is 3. The van der Waals surface area contributed by atoms with Crippen molar-refractivity contribution in [2.75, 3.05) is 13.2 Å². The maximum atomic E-state index is 9.36. The highest BCUT2D eigenvalue weighted by atomic mass is 32.2. The van der Waals surface area contributed by atoms with E-state index in [0.717, 1.165) is 10.5 Å². The van der Waals surface area contributed by atoms with Crippen LogP contribution in [-0.2, 0) is 0 Å². The predicted molar refractivity (Wildman–Crippen MR) is 70.5 cm³/mol. The molecule has 16 heavy (non-hydrogen) atoms. The first-order chi connectivity index (χ1) is 7.81. The molecule has 1 fully saturated rings. The van der Waals surface area contributed by atoms with Gasteiger partial charge in [-0.25, -0.2) is 0 Å². The third-order valence-electron chi connectivity index (χ3n) is 2.98. The van der Waals surface area contributed by atoms with E-state index in [2.05, 4.69) is 6.58 Å². The summed E-state index contributed by atoms with van der Waals surface area (Å²) in [6.45, 7) is 3.75. The van der Waals surface area contributed by atoms with Crippen LogP contribution in [0.2, 0.25) is 0 Å². The summed E-state index contributed by atoms with van der Waals surface area (Å²) in [6, 6.07) is 0. The lowest BCUT2D eigenvalue weighted by Gasteiger charge is -2.23. The minimum Gasteiger partial charge on any atom is -0.392 e. The van der Waals surface area contributed by atoms with Crippen molar-refractivity contribution in [2.24, 2.45) is 0 Å².